The van der Waals surface area contributed by atoms with Crippen molar-refractivity contribution in [3.63, 3.8) is 0 Å². The molecule has 2 heterocycles. The lowest BCUT2D eigenvalue weighted by Crippen LogP contribution is -2.05. The molecule has 0 atom stereocenters. The zero-order valence-corrected chi connectivity index (χ0v) is 13.6. The molecule has 0 spiro atoms. The van der Waals surface area contributed by atoms with Crippen LogP contribution in [0.15, 0.2) is 28.9 Å². The predicted molar refractivity (Wildman–Crippen MR) is 84.0 cm³/mol. The second-order valence-electron chi connectivity index (χ2n) is 4.76. The Bertz CT molecular complexity index is 775. The summed E-state index contributed by atoms with van der Waals surface area (Å²) in [5.74, 6) is 1.27. The first-order valence-electron chi connectivity index (χ1n) is 6.28. The minimum absolute atomic E-state index is 0.394. The van der Waals surface area contributed by atoms with Crippen LogP contribution in [0.2, 0.25) is 0 Å². The highest BCUT2D eigenvalue weighted by molar-refractivity contribution is 9.10. The lowest BCUT2D eigenvalue weighted by molar-refractivity contribution is 0.729. The highest BCUT2D eigenvalue weighted by Gasteiger charge is 2.13. The van der Waals surface area contributed by atoms with E-state index in [1.807, 2.05) is 30.1 Å². The first-order valence-corrected chi connectivity index (χ1v) is 7.61. The number of alkyl halides is 1. The number of rotatable bonds is 3. The molecule has 0 amide bonds. The summed E-state index contributed by atoms with van der Waals surface area (Å²) in [4.78, 5) is 4.59. The topological polar surface area (TPSA) is 35.6 Å². The highest BCUT2D eigenvalue weighted by atomic mass is 79.9. The Hall–Kier alpha value is -1.33. The number of aryl methyl sites for hydroxylation is 1. The quantitative estimate of drug-likeness (QED) is 0.674. The van der Waals surface area contributed by atoms with E-state index in [9.17, 15) is 0 Å². The van der Waals surface area contributed by atoms with Crippen molar-refractivity contribution in [1.29, 1.82) is 0 Å². The molecule has 0 aliphatic carbocycles. The maximum Gasteiger partial charge on any atom is 0.125 e. The van der Waals surface area contributed by atoms with Gasteiger partial charge in [0.25, 0.3) is 0 Å². The minimum Gasteiger partial charge on any atom is -0.322 e. The van der Waals surface area contributed by atoms with Crippen LogP contribution in [0.4, 0.5) is 0 Å². The van der Waals surface area contributed by atoms with E-state index in [-0.39, 0.29) is 0 Å². The monoisotopic (exact) mass is 352 g/mol. The number of aromatic nitrogens is 4. The van der Waals surface area contributed by atoms with Crippen molar-refractivity contribution in [1.82, 2.24) is 19.3 Å². The van der Waals surface area contributed by atoms with Crippen LogP contribution in [-0.2, 0) is 19.5 Å². The molecule has 3 rings (SSSR count). The van der Waals surface area contributed by atoms with Gasteiger partial charge in [-0.3, -0.25) is 4.68 Å². The van der Waals surface area contributed by atoms with E-state index in [2.05, 4.69) is 43.6 Å². The van der Waals surface area contributed by atoms with E-state index in [0.29, 0.717) is 5.88 Å². The van der Waals surface area contributed by atoms with Gasteiger partial charge in [0.05, 0.1) is 29.7 Å². The molecule has 6 heteroatoms. The average Bonchev–Trinajstić information content (AvgIpc) is 2.94. The number of fused-ring (bicyclic) bond motifs is 1. The van der Waals surface area contributed by atoms with Crippen LogP contribution in [0.3, 0.4) is 0 Å². The molecule has 0 bridgehead atoms. The van der Waals surface area contributed by atoms with Gasteiger partial charge in [0.15, 0.2) is 0 Å². The Kier molecular flexibility index (Phi) is 3.56. The summed E-state index contributed by atoms with van der Waals surface area (Å²) in [6.07, 6.45) is 1.90. The third-order valence-corrected chi connectivity index (χ3v) is 4.31. The van der Waals surface area contributed by atoms with Gasteiger partial charge in [-0.2, -0.15) is 5.10 Å². The molecule has 0 saturated carbocycles. The molecule has 0 aliphatic rings. The Morgan fingerprint density at radius 2 is 2.15 bits per heavy atom. The van der Waals surface area contributed by atoms with Gasteiger partial charge in [0, 0.05) is 22.8 Å². The molecule has 0 N–H and O–H groups in total. The van der Waals surface area contributed by atoms with Crippen molar-refractivity contribution in [2.24, 2.45) is 7.05 Å². The Morgan fingerprint density at radius 3 is 2.80 bits per heavy atom. The lowest BCUT2D eigenvalue weighted by Gasteiger charge is -2.07. The van der Waals surface area contributed by atoms with E-state index in [0.717, 1.165) is 33.6 Å². The number of halogens is 2. The zero-order chi connectivity index (χ0) is 14.3. The molecular weight excluding hydrogens is 340 g/mol. The van der Waals surface area contributed by atoms with Crippen molar-refractivity contribution in [3.05, 3.63) is 46.0 Å². The van der Waals surface area contributed by atoms with Gasteiger partial charge in [-0.25, -0.2) is 4.98 Å². The summed E-state index contributed by atoms with van der Waals surface area (Å²) in [5, 5.41) is 4.29. The van der Waals surface area contributed by atoms with Crippen molar-refractivity contribution < 1.29 is 0 Å². The molecule has 20 heavy (non-hydrogen) atoms. The fourth-order valence-corrected chi connectivity index (χ4v) is 2.85. The normalized spacial score (nSPS) is 11.4. The molecule has 0 aliphatic heterocycles. The summed E-state index contributed by atoms with van der Waals surface area (Å²) in [7, 11) is 1.95. The van der Waals surface area contributed by atoms with E-state index in [1.54, 1.807) is 0 Å². The summed E-state index contributed by atoms with van der Waals surface area (Å²) in [6, 6.07) is 6.07. The fourth-order valence-electron chi connectivity index (χ4n) is 2.29. The first-order chi connectivity index (χ1) is 9.60. The SMILES string of the molecule is Cc1c(Cn2c(CCl)nc3ccc(Br)cc32)cnn1C. The molecule has 0 radical (unpaired) electrons. The second kappa shape index (κ2) is 5.22. The molecule has 0 saturated heterocycles. The largest absolute Gasteiger partial charge is 0.322 e. The summed E-state index contributed by atoms with van der Waals surface area (Å²) in [5.41, 5.74) is 4.38. The second-order valence-corrected chi connectivity index (χ2v) is 5.94. The fraction of sp³-hybridized carbons (Fsp3) is 0.286. The van der Waals surface area contributed by atoms with Gasteiger partial charge in [-0.1, -0.05) is 15.9 Å². The minimum atomic E-state index is 0.394. The third-order valence-electron chi connectivity index (χ3n) is 3.57. The molecule has 0 fully saturated rings. The van der Waals surface area contributed by atoms with Gasteiger partial charge >= 0.3 is 0 Å². The van der Waals surface area contributed by atoms with Crippen LogP contribution in [-0.4, -0.2) is 19.3 Å². The van der Waals surface area contributed by atoms with E-state index in [4.69, 9.17) is 11.6 Å². The zero-order valence-electron chi connectivity index (χ0n) is 11.3. The van der Waals surface area contributed by atoms with E-state index >= 15 is 0 Å². The van der Waals surface area contributed by atoms with E-state index < -0.39 is 0 Å². The van der Waals surface area contributed by atoms with Crippen LogP contribution in [0.1, 0.15) is 17.1 Å². The molecule has 2 aromatic heterocycles. The van der Waals surface area contributed by atoms with Gasteiger partial charge < -0.3 is 4.57 Å². The van der Waals surface area contributed by atoms with Crippen molar-refractivity contribution in [2.75, 3.05) is 0 Å². The number of nitrogens with zero attached hydrogens (tertiary/aromatic N) is 4. The highest BCUT2D eigenvalue weighted by Crippen LogP contribution is 2.23. The Balaban J connectivity index is 2.14. The molecular formula is C14H14BrClN4. The predicted octanol–water partition coefficient (Wildman–Crippen LogP) is 3.63. The standard InChI is InChI=1S/C14H14BrClN4/c1-9-10(7-17-19(9)2)8-20-13-5-11(15)3-4-12(13)18-14(20)6-16/h3-5,7H,6,8H2,1-2H3. The van der Waals surface area contributed by atoms with Gasteiger partial charge in [-0.15, -0.1) is 11.6 Å². The summed E-state index contributed by atoms with van der Waals surface area (Å²) in [6.45, 7) is 2.80. The first kappa shape index (κ1) is 13.6. The maximum atomic E-state index is 6.04. The van der Waals surface area contributed by atoms with E-state index in [1.165, 1.54) is 5.56 Å². The Labute approximate surface area is 130 Å². The summed E-state index contributed by atoms with van der Waals surface area (Å²) >= 11 is 9.55. The summed E-state index contributed by atoms with van der Waals surface area (Å²) < 4.78 is 5.07. The molecule has 1 aromatic carbocycles. The average molecular weight is 354 g/mol. The number of hydrogen-bond acceptors (Lipinski definition) is 2. The van der Waals surface area contributed by atoms with Crippen LogP contribution < -0.4 is 0 Å². The smallest absolute Gasteiger partial charge is 0.125 e. The van der Waals surface area contributed by atoms with Gasteiger partial charge in [0.1, 0.15) is 5.82 Å². The van der Waals surface area contributed by atoms with Crippen molar-refractivity contribution in [2.45, 2.75) is 19.3 Å². The number of benzene rings is 1. The van der Waals surface area contributed by atoms with Crippen LogP contribution in [0.5, 0.6) is 0 Å². The number of hydrogen-bond donors (Lipinski definition) is 0. The van der Waals surface area contributed by atoms with Crippen molar-refractivity contribution in [3.8, 4) is 0 Å². The van der Waals surface area contributed by atoms with Crippen LogP contribution in [0, 0.1) is 6.92 Å². The van der Waals surface area contributed by atoms with Crippen LogP contribution in [0.25, 0.3) is 11.0 Å². The lowest BCUT2D eigenvalue weighted by atomic mass is 10.2. The van der Waals surface area contributed by atoms with Crippen LogP contribution >= 0.6 is 27.5 Å². The van der Waals surface area contributed by atoms with Crippen molar-refractivity contribution >= 4 is 38.6 Å². The van der Waals surface area contributed by atoms with Gasteiger partial charge in [0.2, 0.25) is 0 Å². The molecule has 0 unspecified atom stereocenters. The Morgan fingerprint density at radius 1 is 1.35 bits per heavy atom. The molecule has 104 valence electrons. The third kappa shape index (κ3) is 2.25. The molecule has 4 nitrogen and oxygen atoms in total. The number of imidazole rings is 1. The van der Waals surface area contributed by atoms with Gasteiger partial charge in [-0.05, 0) is 25.1 Å². The maximum absolute atomic E-state index is 6.04. The molecule has 3 aromatic rings.